The van der Waals surface area contributed by atoms with E-state index in [2.05, 4.69) is 0 Å². The molecule has 0 spiro atoms. The van der Waals surface area contributed by atoms with Gasteiger partial charge in [-0.1, -0.05) is 30.3 Å². The Morgan fingerprint density at radius 3 is 2.29 bits per heavy atom. The monoisotopic (exact) mass is 382 g/mol. The fraction of sp³-hybridized carbons (Fsp3) is 0.217. The first-order chi connectivity index (χ1) is 13.6. The van der Waals surface area contributed by atoms with Crippen LogP contribution in [0.2, 0.25) is 0 Å². The molecular formula is C23H23FO4. The van der Waals surface area contributed by atoms with Gasteiger partial charge in [-0.3, -0.25) is 0 Å². The van der Waals surface area contributed by atoms with Crippen LogP contribution in [-0.2, 0) is 11.3 Å². The SMILES string of the molecule is COc1ccc(COC(C)[C@H](Oc2ccccc2)c2ccc(F)cc2O)cc1. The lowest BCUT2D eigenvalue weighted by atomic mass is 10.0. The van der Waals surface area contributed by atoms with Gasteiger partial charge in [-0.2, -0.15) is 0 Å². The Kier molecular flexibility index (Phi) is 6.50. The van der Waals surface area contributed by atoms with Gasteiger partial charge in [0.1, 0.15) is 23.1 Å². The number of benzene rings is 3. The highest BCUT2D eigenvalue weighted by atomic mass is 19.1. The summed E-state index contributed by atoms with van der Waals surface area (Å²) in [5.41, 5.74) is 1.45. The van der Waals surface area contributed by atoms with Crippen molar-refractivity contribution in [3.8, 4) is 17.2 Å². The van der Waals surface area contributed by atoms with Gasteiger partial charge in [-0.05, 0) is 48.9 Å². The molecule has 0 saturated carbocycles. The lowest BCUT2D eigenvalue weighted by Crippen LogP contribution is -2.24. The van der Waals surface area contributed by atoms with Crippen molar-refractivity contribution in [3.63, 3.8) is 0 Å². The number of para-hydroxylation sites is 1. The summed E-state index contributed by atoms with van der Waals surface area (Å²) in [5.74, 6) is 0.738. The molecule has 1 N–H and O–H groups in total. The molecule has 0 radical (unpaired) electrons. The standard InChI is InChI=1S/C23H23FO4/c1-16(27-15-17-8-11-19(26-2)12-9-17)23(28-20-6-4-3-5-7-20)21-13-10-18(24)14-22(21)25/h3-14,16,23,25H,15H2,1-2H3/t16?,23-/m0/s1. The minimum atomic E-state index is -0.610. The number of ether oxygens (including phenoxy) is 3. The van der Waals surface area contributed by atoms with Crippen LogP contribution in [0.1, 0.15) is 24.2 Å². The predicted octanol–water partition coefficient (Wildman–Crippen LogP) is 5.27. The molecule has 0 saturated heterocycles. The maximum atomic E-state index is 13.4. The first kappa shape index (κ1) is 19.7. The molecule has 28 heavy (non-hydrogen) atoms. The molecule has 0 aliphatic heterocycles. The van der Waals surface area contributed by atoms with Crippen molar-refractivity contribution in [1.29, 1.82) is 0 Å². The Morgan fingerprint density at radius 1 is 0.929 bits per heavy atom. The number of halogens is 1. The average Bonchev–Trinajstić information content (AvgIpc) is 2.72. The van der Waals surface area contributed by atoms with Crippen molar-refractivity contribution in [2.24, 2.45) is 0 Å². The number of hydrogen-bond donors (Lipinski definition) is 1. The third-order valence-corrected chi connectivity index (χ3v) is 4.40. The number of rotatable bonds is 8. The van der Waals surface area contributed by atoms with Crippen LogP contribution >= 0.6 is 0 Å². The smallest absolute Gasteiger partial charge is 0.153 e. The molecule has 3 rings (SSSR count). The van der Waals surface area contributed by atoms with Gasteiger partial charge in [0.15, 0.2) is 6.10 Å². The van der Waals surface area contributed by atoms with Crippen molar-refractivity contribution in [2.45, 2.75) is 25.7 Å². The molecule has 0 fully saturated rings. The molecule has 0 aliphatic rings. The van der Waals surface area contributed by atoms with Gasteiger partial charge in [0.05, 0.1) is 19.8 Å². The minimum absolute atomic E-state index is 0.166. The molecular weight excluding hydrogens is 359 g/mol. The Morgan fingerprint density at radius 2 is 1.64 bits per heavy atom. The molecule has 3 aromatic carbocycles. The summed E-state index contributed by atoms with van der Waals surface area (Å²) in [4.78, 5) is 0. The fourth-order valence-corrected chi connectivity index (χ4v) is 2.85. The Labute approximate surface area is 164 Å². The molecule has 0 heterocycles. The number of phenolic OH excluding ortho intramolecular Hbond substituents is 1. The van der Waals surface area contributed by atoms with Crippen molar-refractivity contribution < 1.29 is 23.7 Å². The maximum absolute atomic E-state index is 13.4. The second kappa shape index (κ2) is 9.24. The van der Waals surface area contributed by atoms with Crippen LogP contribution in [0.3, 0.4) is 0 Å². The maximum Gasteiger partial charge on any atom is 0.153 e. The summed E-state index contributed by atoms with van der Waals surface area (Å²) in [6.07, 6.45) is -1.01. The van der Waals surface area contributed by atoms with Crippen molar-refractivity contribution in [3.05, 3.63) is 89.7 Å². The van der Waals surface area contributed by atoms with Crippen molar-refractivity contribution >= 4 is 0 Å². The van der Waals surface area contributed by atoms with Gasteiger partial charge < -0.3 is 19.3 Å². The van der Waals surface area contributed by atoms with Crippen molar-refractivity contribution in [2.75, 3.05) is 7.11 Å². The highest BCUT2D eigenvalue weighted by Crippen LogP contribution is 2.33. The van der Waals surface area contributed by atoms with E-state index in [4.69, 9.17) is 14.2 Å². The third-order valence-electron chi connectivity index (χ3n) is 4.40. The van der Waals surface area contributed by atoms with Gasteiger partial charge in [0.2, 0.25) is 0 Å². The molecule has 0 bridgehead atoms. The molecule has 146 valence electrons. The zero-order valence-electron chi connectivity index (χ0n) is 15.8. The number of phenols is 1. The molecule has 3 aromatic rings. The second-order valence-electron chi connectivity index (χ2n) is 6.42. The van der Waals surface area contributed by atoms with E-state index in [-0.39, 0.29) is 5.75 Å². The number of hydrogen-bond acceptors (Lipinski definition) is 4. The largest absolute Gasteiger partial charge is 0.507 e. The van der Waals surface area contributed by atoms with Crippen LogP contribution in [-0.4, -0.2) is 18.3 Å². The summed E-state index contributed by atoms with van der Waals surface area (Å²) >= 11 is 0. The number of aromatic hydroxyl groups is 1. The van der Waals surface area contributed by atoms with E-state index in [0.29, 0.717) is 17.9 Å². The fourth-order valence-electron chi connectivity index (χ4n) is 2.85. The Bertz CT molecular complexity index is 881. The van der Waals surface area contributed by atoms with E-state index in [1.165, 1.54) is 12.1 Å². The van der Waals surface area contributed by atoms with Gasteiger partial charge in [-0.25, -0.2) is 4.39 Å². The van der Waals surface area contributed by atoms with Gasteiger partial charge in [0.25, 0.3) is 0 Å². The lowest BCUT2D eigenvalue weighted by Gasteiger charge is -2.26. The first-order valence-corrected chi connectivity index (χ1v) is 9.01. The van der Waals surface area contributed by atoms with Crippen LogP contribution in [0.4, 0.5) is 4.39 Å². The minimum Gasteiger partial charge on any atom is -0.507 e. The molecule has 0 aromatic heterocycles. The molecule has 0 amide bonds. The van der Waals surface area contributed by atoms with Crippen LogP contribution in [0.5, 0.6) is 17.2 Å². The van der Waals surface area contributed by atoms with E-state index in [9.17, 15) is 9.50 Å². The Balaban J connectivity index is 1.78. The summed E-state index contributed by atoms with van der Waals surface area (Å²) in [7, 11) is 1.62. The summed E-state index contributed by atoms with van der Waals surface area (Å²) in [6, 6.07) is 20.7. The topological polar surface area (TPSA) is 47.9 Å². The van der Waals surface area contributed by atoms with Gasteiger partial charge >= 0.3 is 0 Å². The predicted molar refractivity (Wildman–Crippen MR) is 105 cm³/mol. The average molecular weight is 382 g/mol. The quantitative estimate of drug-likeness (QED) is 0.577. The van der Waals surface area contributed by atoms with Gasteiger partial charge in [-0.15, -0.1) is 0 Å². The van der Waals surface area contributed by atoms with Gasteiger partial charge in [0, 0.05) is 11.6 Å². The first-order valence-electron chi connectivity index (χ1n) is 9.01. The highest BCUT2D eigenvalue weighted by Gasteiger charge is 2.25. The summed E-state index contributed by atoms with van der Waals surface area (Å²) in [5, 5.41) is 10.2. The van der Waals surface area contributed by atoms with E-state index in [1.54, 1.807) is 7.11 Å². The van der Waals surface area contributed by atoms with E-state index in [1.807, 2.05) is 61.5 Å². The highest BCUT2D eigenvalue weighted by molar-refractivity contribution is 5.36. The van der Waals surface area contributed by atoms with Crippen LogP contribution in [0, 0.1) is 5.82 Å². The molecule has 2 atom stereocenters. The zero-order chi connectivity index (χ0) is 19.9. The van der Waals surface area contributed by atoms with E-state index >= 15 is 0 Å². The molecule has 4 nitrogen and oxygen atoms in total. The summed E-state index contributed by atoms with van der Waals surface area (Å²) in [6.45, 7) is 2.22. The van der Waals surface area contributed by atoms with Crippen LogP contribution in [0.25, 0.3) is 0 Å². The van der Waals surface area contributed by atoms with Crippen molar-refractivity contribution in [1.82, 2.24) is 0 Å². The van der Waals surface area contributed by atoms with Crippen LogP contribution < -0.4 is 9.47 Å². The zero-order valence-corrected chi connectivity index (χ0v) is 15.8. The number of methoxy groups -OCH3 is 1. The second-order valence-corrected chi connectivity index (χ2v) is 6.42. The molecule has 0 aliphatic carbocycles. The lowest BCUT2D eigenvalue weighted by molar-refractivity contribution is -0.0259. The van der Waals surface area contributed by atoms with E-state index in [0.717, 1.165) is 17.4 Å². The Hall–Kier alpha value is -3.05. The molecule has 1 unspecified atom stereocenters. The molecule has 5 heteroatoms. The normalized spacial score (nSPS) is 13.0. The van der Waals surface area contributed by atoms with Crippen LogP contribution in [0.15, 0.2) is 72.8 Å². The van der Waals surface area contributed by atoms with E-state index < -0.39 is 18.0 Å². The third kappa shape index (κ3) is 5.02. The summed E-state index contributed by atoms with van der Waals surface area (Å²) < 4.78 is 30.7.